The van der Waals surface area contributed by atoms with Crippen LogP contribution in [0.25, 0.3) is 22.6 Å². The Labute approximate surface area is 169 Å². The molecule has 1 unspecified atom stereocenters. The van der Waals surface area contributed by atoms with Gasteiger partial charge in [0.1, 0.15) is 17.4 Å². The predicted molar refractivity (Wildman–Crippen MR) is 109 cm³/mol. The van der Waals surface area contributed by atoms with Gasteiger partial charge in [0.2, 0.25) is 0 Å². The first-order chi connectivity index (χ1) is 14.5. The zero-order chi connectivity index (χ0) is 21.3. The van der Waals surface area contributed by atoms with Crippen LogP contribution in [0, 0.1) is 0 Å². The second kappa shape index (κ2) is 7.82. The molecule has 154 valence electrons. The summed E-state index contributed by atoms with van der Waals surface area (Å²) in [5.74, 6) is -0.833. The van der Waals surface area contributed by atoms with E-state index in [1.807, 2.05) is 37.3 Å². The molecule has 0 spiro atoms. The first-order valence-electron chi connectivity index (χ1n) is 9.53. The highest BCUT2D eigenvalue weighted by Gasteiger charge is 2.25. The summed E-state index contributed by atoms with van der Waals surface area (Å²) in [4.78, 5) is 46.1. The minimum Gasteiger partial charge on any atom is -0.480 e. The van der Waals surface area contributed by atoms with Gasteiger partial charge in [-0.2, -0.15) is 5.10 Å². The summed E-state index contributed by atoms with van der Waals surface area (Å²) in [5, 5.41) is 16.6. The van der Waals surface area contributed by atoms with E-state index in [0.29, 0.717) is 24.2 Å². The van der Waals surface area contributed by atoms with Gasteiger partial charge in [0.15, 0.2) is 5.65 Å². The average molecular weight is 408 g/mol. The number of nitrogens with zero attached hydrogens (tertiary/aromatic N) is 3. The van der Waals surface area contributed by atoms with Crippen molar-refractivity contribution >= 4 is 17.1 Å². The van der Waals surface area contributed by atoms with E-state index in [1.54, 1.807) is 6.20 Å². The van der Waals surface area contributed by atoms with Crippen molar-refractivity contribution in [1.82, 2.24) is 29.7 Å². The smallest absolute Gasteiger partial charge is 0.330 e. The lowest BCUT2D eigenvalue weighted by Crippen LogP contribution is -2.36. The molecule has 0 amide bonds. The van der Waals surface area contributed by atoms with Crippen LogP contribution in [0.15, 0.2) is 46.1 Å². The molecule has 10 nitrogen and oxygen atoms in total. The number of hydrogen-bond donors (Lipinski definition) is 4. The fourth-order valence-corrected chi connectivity index (χ4v) is 3.52. The second-order valence-electron chi connectivity index (χ2n) is 6.98. The zero-order valence-corrected chi connectivity index (χ0v) is 16.2. The van der Waals surface area contributed by atoms with E-state index in [0.717, 1.165) is 15.8 Å². The van der Waals surface area contributed by atoms with Gasteiger partial charge in [-0.05, 0) is 12.0 Å². The van der Waals surface area contributed by atoms with Crippen molar-refractivity contribution in [3.63, 3.8) is 0 Å². The van der Waals surface area contributed by atoms with Crippen molar-refractivity contribution in [2.75, 3.05) is 0 Å². The van der Waals surface area contributed by atoms with Gasteiger partial charge in [0.25, 0.3) is 5.56 Å². The molecule has 10 heteroatoms. The molecule has 0 aliphatic carbocycles. The van der Waals surface area contributed by atoms with E-state index < -0.39 is 23.3 Å². The maximum Gasteiger partial charge on any atom is 0.330 e. The number of carboxylic acid groups (broad SMARTS) is 1. The number of benzene rings is 1. The van der Waals surface area contributed by atoms with Gasteiger partial charge < -0.3 is 10.1 Å². The SMILES string of the molecule is CCCC(C(=O)O)n1c(=O)[nH]c(=O)c2[nH]c(-c3cn[nH]c3Cc3ccccc3)nc21. The monoisotopic (exact) mass is 408 g/mol. The van der Waals surface area contributed by atoms with Crippen molar-refractivity contribution in [1.29, 1.82) is 0 Å². The number of imidazole rings is 1. The van der Waals surface area contributed by atoms with Crippen LogP contribution in [0.5, 0.6) is 0 Å². The molecule has 0 radical (unpaired) electrons. The molecule has 4 N–H and O–H groups in total. The number of nitrogens with one attached hydrogen (secondary N) is 3. The highest BCUT2D eigenvalue weighted by atomic mass is 16.4. The van der Waals surface area contributed by atoms with Crippen LogP contribution in [-0.4, -0.2) is 40.8 Å². The number of aromatic amines is 3. The molecule has 0 saturated heterocycles. The number of H-pyrrole nitrogens is 3. The summed E-state index contributed by atoms with van der Waals surface area (Å²) in [6.45, 7) is 1.82. The summed E-state index contributed by atoms with van der Waals surface area (Å²) < 4.78 is 1.03. The molecule has 0 saturated carbocycles. The Hall–Kier alpha value is -3.95. The van der Waals surface area contributed by atoms with Crippen LogP contribution in [0.1, 0.15) is 37.1 Å². The topological polar surface area (TPSA) is 150 Å². The molecule has 0 aliphatic rings. The Morgan fingerprint density at radius 3 is 2.67 bits per heavy atom. The molecule has 0 fully saturated rings. The number of fused-ring (bicyclic) bond motifs is 1. The Bertz CT molecular complexity index is 1310. The first-order valence-corrected chi connectivity index (χ1v) is 9.53. The third-order valence-corrected chi connectivity index (χ3v) is 4.94. The van der Waals surface area contributed by atoms with Crippen molar-refractivity contribution in [3.8, 4) is 11.4 Å². The lowest BCUT2D eigenvalue weighted by atomic mass is 10.1. The van der Waals surface area contributed by atoms with Crippen molar-refractivity contribution in [2.45, 2.75) is 32.2 Å². The molecule has 1 atom stereocenters. The number of carboxylic acids is 1. The lowest BCUT2D eigenvalue weighted by molar-refractivity contribution is -0.141. The minimum absolute atomic E-state index is 0.00598. The third kappa shape index (κ3) is 3.43. The molecule has 0 aliphatic heterocycles. The maximum absolute atomic E-state index is 12.5. The molecule has 0 bridgehead atoms. The maximum atomic E-state index is 12.5. The average Bonchev–Trinajstić information content (AvgIpc) is 3.35. The van der Waals surface area contributed by atoms with Gasteiger partial charge in [-0.15, -0.1) is 0 Å². The normalized spacial score (nSPS) is 12.3. The summed E-state index contributed by atoms with van der Waals surface area (Å²) in [7, 11) is 0. The zero-order valence-electron chi connectivity index (χ0n) is 16.2. The number of aliphatic carboxylic acids is 1. The largest absolute Gasteiger partial charge is 0.480 e. The van der Waals surface area contributed by atoms with Crippen molar-refractivity contribution in [3.05, 3.63) is 68.6 Å². The standard InChI is InChI=1S/C20H20N6O4/c1-2-6-14(19(28)29)26-17-15(18(27)24-20(26)30)22-16(23-17)12-10-21-25-13(12)9-11-7-4-3-5-8-11/h3-5,7-8,10,14H,2,6,9H2,1H3,(H,21,25)(H,22,23)(H,28,29)(H,24,27,30). The molecular weight excluding hydrogens is 388 g/mol. The third-order valence-electron chi connectivity index (χ3n) is 4.94. The molecule has 4 aromatic rings. The number of rotatable bonds is 7. The van der Waals surface area contributed by atoms with Crippen LogP contribution in [0.3, 0.4) is 0 Å². The van der Waals surface area contributed by atoms with Gasteiger partial charge >= 0.3 is 11.7 Å². The molecule has 3 aromatic heterocycles. The minimum atomic E-state index is -1.16. The molecular formula is C20H20N6O4. The van der Waals surface area contributed by atoms with Crippen LogP contribution in [0.2, 0.25) is 0 Å². The van der Waals surface area contributed by atoms with Crippen LogP contribution in [0.4, 0.5) is 0 Å². The van der Waals surface area contributed by atoms with E-state index in [2.05, 4.69) is 25.1 Å². The Morgan fingerprint density at radius 2 is 1.97 bits per heavy atom. The van der Waals surface area contributed by atoms with Gasteiger partial charge in [-0.25, -0.2) is 14.6 Å². The van der Waals surface area contributed by atoms with E-state index in [4.69, 9.17) is 0 Å². The molecule has 30 heavy (non-hydrogen) atoms. The number of aromatic nitrogens is 6. The van der Waals surface area contributed by atoms with Gasteiger partial charge in [0.05, 0.1) is 17.5 Å². The molecule has 4 rings (SSSR count). The lowest BCUT2D eigenvalue weighted by Gasteiger charge is -2.14. The van der Waals surface area contributed by atoms with Gasteiger partial charge in [-0.1, -0.05) is 43.7 Å². The van der Waals surface area contributed by atoms with Gasteiger partial charge in [0, 0.05) is 6.42 Å². The van der Waals surface area contributed by atoms with E-state index in [-0.39, 0.29) is 17.6 Å². The summed E-state index contributed by atoms with van der Waals surface area (Å²) in [5.41, 5.74) is 1.06. The highest BCUT2D eigenvalue weighted by molar-refractivity contribution is 5.79. The molecule has 3 heterocycles. The number of hydrogen-bond acceptors (Lipinski definition) is 5. The van der Waals surface area contributed by atoms with E-state index in [9.17, 15) is 19.5 Å². The number of carbonyl (C=O) groups is 1. The summed E-state index contributed by atoms with van der Waals surface area (Å²) in [6, 6.07) is 8.62. The Balaban J connectivity index is 1.86. The van der Waals surface area contributed by atoms with Crippen molar-refractivity contribution < 1.29 is 9.90 Å². The van der Waals surface area contributed by atoms with Crippen LogP contribution in [-0.2, 0) is 11.2 Å². The van der Waals surface area contributed by atoms with Crippen molar-refractivity contribution in [2.24, 2.45) is 0 Å². The van der Waals surface area contributed by atoms with Crippen LogP contribution >= 0.6 is 0 Å². The van der Waals surface area contributed by atoms with Crippen LogP contribution < -0.4 is 11.2 Å². The Kier molecular flexibility index (Phi) is 5.05. The van der Waals surface area contributed by atoms with E-state index >= 15 is 0 Å². The quantitative estimate of drug-likeness (QED) is 0.366. The first kappa shape index (κ1) is 19.4. The fraction of sp³-hybridized carbons (Fsp3) is 0.250. The fourth-order valence-electron chi connectivity index (χ4n) is 3.52. The van der Waals surface area contributed by atoms with Gasteiger partial charge in [-0.3, -0.25) is 19.4 Å². The second-order valence-corrected chi connectivity index (χ2v) is 6.98. The molecule has 1 aromatic carbocycles. The summed E-state index contributed by atoms with van der Waals surface area (Å²) >= 11 is 0. The predicted octanol–water partition coefficient (Wildman–Crippen LogP) is 1.82. The highest BCUT2D eigenvalue weighted by Crippen LogP contribution is 2.24. The summed E-state index contributed by atoms with van der Waals surface area (Å²) in [6.07, 6.45) is 2.91. The Morgan fingerprint density at radius 1 is 1.20 bits per heavy atom. The van der Waals surface area contributed by atoms with E-state index in [1.165, 1.54) is 0 Å².